The van der Waals surface area contributed by atoms with Gasteiger partial charge in [-0.15, -0.1) is 5.71 Å². The molecule has 5 nitrogen and oxygen atoms in total. The van der Waals surface area contributed by atoms with Gasteiger partial charge in [-0.3, -0.25) is 0 Å². The van der Waals surface area contributed by atoms with Crippen LogP contribution in [0.5, 0.6) is 0 Å². The number of rotatable bonds is 8. The van der Waals surface area contributed by atoms with E-state index in [-0.39, 0.29) is 16.5 Å². The summed E-state index contributed by atoms with van der Waals surface area (Å²) in [6.45, 7) is 13.6. The molecule has 1 unspecified atom stereocenters. The first-order valence-corrected chi connectivity index (χ1v) is 26.0. The summed E-state index contributed by atoms with van der Waals surface area (Å²) >= 11 is 4.49. The largest absolute Gasteiger partial charge is 0.802 e. The molecule has 10 aromatic rings. The van der Waals surface area contributed by atoms with Gasteiger partial charge in [0.2, 0.25) is 0 Å². The van der Waals surface area contributed by atoms with Crippen LogP contribution in [0, 0.1) is 5.41 Å². The van der Waals surface area contributed by atoms with Gasteiger partial charge in [0.15, 0.2) is 0 Å². The molecule has 0 saturated carbocycles. The minimum Gasteiger partial charge on any atom is -0.802 e. The van der Waals surface area contributed by atoms with Crippen LogP contribution in [0.1, 0.15) is 70.6 Å². The number of allylic oxidation sites excluding steroid dienone is 8. The number of furan rings is 1. The Morgan fingerprint density at radius 2 is 1.18 bits per heavy atom. The van der Waals surface area contributed by atoms with Gasteiger partial charge in [0.05, 0.1) is 22.4 Å². The van der Waals surface area contributed by atoms with Crippen molar-refractivity contribution in [3.05, 3.63) is 246 Å². The number of thiol groups is 1. The van der Waals surface area contributed by atoms with Crippen molar-refractivity contribution in [2.24, 2.45) is 9.81 Å². The van der Waals surface area contributed by atoms with Crippen LogP contribution >= 0.6 is 12.8 Å². The zero-order valence-corrected chi connectivity index (χ0v) is 43.5. The third-order valence-electron chi connectivity index (χ3n) is 15.0. The van der Waals surface area contributed by atoms with Gasteiger partial charge >= 0.3 is 0 Å². The van der Waals surface area contributed by atoms with Crippen molar-refractivity contribution in [2.45, 2.75) is 59.3 Å². The SMILES string of the molecule is CC(C)(C)C1=CCC(c2ccc3c(c2)c2cc(-c4ccc(C(C)(C)C)cc4)ccc2n3-c2ccc(C3=CC=C(N(c4ccccc4)c4ccc(-c5ccc6c(c5)oc5ccccc56)cc4)C(=NS)C3=[N-])cc2)C=C1. The second-order valence-electron chi connectivity index (χ2n) is 21.8. The third-order valence-corrected chi connectivity index (χ3v) is 15.2. The van der Waals surface area contributed by atoms with Crippen molar-refractivity contribution >= 4 is 84.9 Å². The highest BCUT2D eigenvalue weighted by Crippen LogP contribution is 2.42. The lowest BCUT2D eigenvalue weighted by Gasteiger charge is -2.33. The number of anilines is 2. The smallest absolute Gasteiger partial charge is 0.136 e. The number of hydrogen-bond acceptors (Lipinski definition) is 4. The number of nitrogens with zero attached hydrogens (tertiary/aromatic N) is 4. The number of para-hydroxylation sites is 2. The molecule has 0 aliphatic heterocycles. The summed E-state index contributed by atoms with van der Waals surface area (Å²) in [5, 5.41) is 16.9. The fraction of sp³-hybridized carbons (Fsp3) is 0.147. The standard InChI is InChI=1S/C68H57N4OS/c1-67(2,3)50-27-16-43(17-28-50)47-25-37-60-58(40-47)59-41-48(44-18-29-51(30-19-44)68(4,5)6)26-38-61(59)72(60)54-33-22-46(23-34-54)55-36-39-62(66(70-74)65(55)69)71(52-12-8-7-9-13-52)53-31-20-45(21-32-53)49-24-35-57-56-14-10-11-15-63(56)73-64(57)42-49/h7-18,20-42,44,74H,19H2,1-6H3/q-1. The van der Waals surface area contributed by atoms with Crippen LogP contribution < -0.4 is 4.90 Å². The van der Waals surface area contributed by atoms with E-state index in [1.54, 1.807) is 0 Å². The first-order valence-electron chi connectivity index (χ1n) is 25.6. The van der Waals surface area contributed by atoms with Crippen LogP contribution in [0.4, 0.5) is 11.4 Å². The zero-order chi connectivity index (χ0) is 50.9. The molecule has 0 fully saturated rings. The number of benzene rings is 8. The first kappa shape index (κ1) is 46.9. The maximum absolute atomic E-state index is 12.2. The first-order chi connectivity index (χ1) is 35.8. The molecule has 2 aromatic heterocycles. The molecule has 0 spiro atoms. The Morgan fingerprint density at radius 3 is 1.86 bits per heavy atom. The van der Waals surface area contributed by atoms with Crippen LogP contribution in [0.15, 0.2) is 232 Å². The second-order valence-corrected chi connectivity index (χ2v) is 22.0. The van der Waals surface area contributed by atoms with Crippen molar-refractivity contribution in [2.75, 3.05) is 4.90 Å². The van der Waals surface area contributed by atoms with Crippen molar-refractivity contribution in [1.29, 1.82) is 0 Å². The Hall–Kier alpha value is -8.19. The van der Waals surface area contributed by atoms with E-state index in [4.69, 9.17) is 4.42 Å². The average Bonchev–Trinajstić information content (AvgIpc) is 3.96. The lowest BCUT2D eigenvalue weighted by molar-refractivity contribution is 0.510. The van der Waals surface area contributed by atoms with Crippen molar-refractivity contribution in [3.63, 3.8) is 0 Å². The van der Waals surface area contributed by atoms with Gasteiger partial charge in [-0.25, -0.2) is 4.40 Å². The van der Waals surface area contributed by atoms with Crippen molar-refractivity contribution < 1.29 is 4.42 Å². The van der Waals surface area contributed by atoms with Gasteiger partial charge in [0, 0.05) is 44.5 Å². The van der Waals surface area contributed by atoms with Crippen LogP contribution in [0.2, 0.25) is 0 Å². The minimum atomic E-state index is 0.0515. The summed E-state index contributed by atoms with van der Waals surface area (Å²) in [4.78, 5) is 2.11. The Labute approximate surface area is 439 Å². The molecule has 0 amide bonds. The molecule has 6 heteroatoms. The number of hydrogen-bond donors (Lipinski definition) is 1. The fourth-order valence-corrected chi connectivity index (χ4v) is 11.1. The fourth-order valence-electron chi connectivity index (χ4n) is 10.9. The van der Waals surface area contributed by atoms with Crippen molar-refractivity contribution in [3.8, 4) is 27.9 Å². The number of fused-ring (bicyclic) bond motifs is 6. The molecule has 362 valence electrons. The van der Waals surface area contributed by atoms with Crippen LogP contribution in [-0.2, 0) is 5.41 Å². The summed E-state index contributed by atoms with van der Waals surface area (Å²) in [7, 11) is 0. The predicted octanol–water partition coefficient (Wildman–Crippen LogP) is 18.7. The number of aromatic nitrogens is 1. The van der Waals surface area contributed by atoms with Gasteiger partial charge < -0.3 is 19.3 Å². The maximum atomic E-state index is 12.2. The van der Waals surface area contributed by atoms with E-state index < -0.39 is 0 Å². The highest BCUT2D eigenvalue weighted by molar-refractivity contribution is 7.79. The molecule has 0 bridgehead atoms. The Kier molecular flexibility index (Phi) is 11.6. The normalized spacial score (nSPS) is 15.8. The molecule has 12 rings (SSSR count). The Balaban J connectivity index is 0.891. The van der Waals surface area contributed by atoms with Crippen LogP contribution in [0.3, 0.4) is 0 Å². The highest BCUT2D eigenvalue weighted by Gasteiger charge is 2.25. The maximum Gasteiger partial charge on any atom is 0.136 e. The zero-order valence-electron chi connectivity index (χ0n) is 42.6. The lowest BCUT2D eigenvalue weighted by Crippen LogP contribution is -2.30. The summed E-state index contributed by atoms with van der Waals surface area (Å²) in [5.74, 6) is 0.306. The van der Waals surface area contributed by atoms with Gasteiger partial charge in [0.25, 0.3) is 0 Å². The molecule has 8 aromatic carbocycles. The van der Waals surface area contributed by atoms with E-state index in [1.165, 1.54) is 38.6 Å². The third kappa shape index (κ3) is 8.43. The van der Waals surface area contributed by atoms with Crippen molar-refractivity contribution in [1.82, 2.24) is 4.57 Å². The van der Waals surface area contributed by atoms with Gasteiger partial charge in [-0.1, -0.05) is 169 Å². The molecule has 0 N–H and O–H groups in total. The quantitative estimate of drug-likeness (QED) is 0.122. The van der Waals surface area contributed by atoms with E-state index in [2.05, 4.69) is 232 Å². The molecule has 74 heavy (non-hydrogen) atoms. The Morgan fingerprint density at radius 1 is 0.568 bits per heavy atom. The minimum absolute atomic E-state index is 0.0515. The molecule has 1 atom stereocenters. The van der Waals surface area contributed by atoms with Gasteiger partial charge in [0.1, 0.15) is 11.2 Å². The van der Waals surface area contributed by atoms with Gasteiger partial charge in [-0.2, -0.15) is 0 Å². The molecular weight excluding hydrogens is 921 g/mol. The summed E-state index contributed by atoms with van der Waals surface area (Å²) in [6, 6.07) is 64.6. The molecule has 2 heterocycles. The topological polar surface area (TPSA) is 56.0 Å². The highest BCUT2D eigenvalue weighted by atomic mass is 32.1. The second kappa shape index (κ2) is 18.4. The predicted molar refractivity (Wildman–Crippen MR) is 318 cm³/mol. The Bertz CT molecular complexity index is 4000. The molecule has 2 aliphatic rings. The monoisotopic (exact) mass is 977 g/mol. The lowest BCUT2D eigenvalue weighted by atomic mass is 9.80. The summed E-state index contributed by atoms with van der Waals surface area (Å²) < 4.78 is 13.0. The van der Waals surface area contributed by atoms with E-state index in [0.29, 0.717) is 22.9 Å². The van der Waals surface area contributed by atoms with E-state index >= 15 is 0 Å². The summed E-state index contributed by atoms with van der Waals surface area (Å²) in [5.41, 5.74) is 18.3. The molecule has 0 saturated heterocycles. The summed E-state index contributed by atoms with van der Waals surface area (Å²) in [6.07, 6.45) is 12.1. The van der Waals surface area contributed by atoms with Gasteiger partial charge in [-0.05, 0) is 165 Å². The van der Waals surface area contributed by atoms with Crippen LogP contribution in [0.25, 0.3) is 82.7 Å². The van der Waals surface area contributed by atoms with E-state index in [1.807, 2.05) is 48.6 Å². The average molecular weight is 978 g/mol. The van der Waals surface area contributed by atoms with Crippen LogP contribution in [-0.4, -0.2) is 16.0 Å². The molecule has 2 aliphatic carbocycles. The van der Waals surface area contributed by atoms with E-state index in [9.17, 15) is 5.41 Å². The molecule has 0 radical (unpaired) electrons. The van der Waals surface area contributed by atoms with E-state index in [0.717, 1.165) is 73.1 Å². The molecular formula is C68H57N4OS-.